The molecule has 0 aromatic carbocycles. The van der Waals surface area contributed by atoms with Gasteiger partial charge in [0, 0.05) is 18.9 Å². The number of fused-ring (bicyclic) bond motifs is 2. The van der Waals surface area contributed by atoms with E-state index in [1.165, 1.54) is 0 Å². The minimum Gasteiger partial charge on any atom is -0.324 e. The fourth-order valence-corrected chi connectivity index (χ4v) is 4.31. The van der Waals surface area contributed by atoms with Gasteiger partial charge in [0.15, 0.2) is 15.7 Å². The van der Waals surface area contributed by atoms with E-state index in [2.05, 4.69) is 15.1 Å². The zero-order chi connectivity index (χ0) is 18.6. The van der Waals surface area contributed by atoms with Gasteiger partial charge in [-0.25, -0.2) is 17.9 Å². The highest BCUT2D eigenvalue weighted by Gasteiger charge is 2.28. The van der Waals surface area contributed by atoms with Crippen molar-refractivity contribution in [3.05, 3.63) is 41.9 Å². The fraction of sp³-hybridized carbons (Fsp3) is 0.278. The van der Waals surface area contributed by atoms with E-state index in [9.17, 15) is 8.42 Å². The van der Waals surface area contributed by atoms with Crippen LogP contribution in [0.3, 0.4) is 0 Å². The number of imidazole rings is 1. The molecular weight excluding hydrogens is 350 g/mol. The normalized spacial score (nSPS) is 12.3. The number of aryl methyl sites for hydroxylation is 3. The first kappa shape index (κ1) is 16.7. The lowest BCUT2D eigenvalue weighted by Crippen LogP contribution is -2.06. The molecule has 0 aliphatic rings. The van der Waals surface area contributed by atoms with E-state index in [1.54, 1.807) is 23.8 Å². The van der Waals surface area contributed by atoms with Crippen LogP contribution in [-0.4, -0.2) is 38.3 Å². The summed E-state index contributed by atoms with van der Waals surface area (Å²) in [6.45, 7) is 5.47. The van der Waals surface area contributed by atoms with Crippen molar-refractivity contribution in [1.29, 1.82) is 0 Å². The lowest BCUT2D eigenvalue weighted by molar-refractivity contribution is 0.598. The van der Waals surface area contributed by atoms with Crippen molar-refractivity contribution in [3.8, 4) is 11.5 Å². The SMILES string of the molecule is CCS(=O)(=O)c1c(-c2nc3cc(C)ncc3n2C)nn2ccc(C)cc12. The van der Waals surface area contributed by atoms with E-state index in [1.807, 2.05) is 43.7 Å². The highest BCUT2D eigenvalue weighted by Crippen LogP contribution is 2.32. The fourth-order valence-electron chi connectivity index (χ4n) is 3.13. The van der Waals surface area contributed by atoms with Gasteiger partial charge in [-0.2, -0.15) is 5.10 Å². The number of rotatable bonds is 3. The molecule has 0 N–H and O–H groups in total. The Labute approximate surface area is 151 Å². The summed E-state index contributed by atoms with van der Waals surface area (Å²) in [5.41, 5.74) is 4.37. The summed E-state index contributed by atoms with van der Waals surface area (Å²) in [5, 5.41) is 4.55. The molecule has 7 nitrogen and oxygen atoms in total. The van der Waals surface area contributed by atoms with E-state index in [4.69, 9.17) is 0 Å². The second-order valence-corrected chi connectivity index (χ2v) is 8.64. The Morgan fingerprint density at radius 3 is 2.65 bits per heavy atom. The average Bonchev–Trinajstić information content (AvgIpc) is 3.12. The van der Waals surface area contributed by atoms with Crippen molar-refractivity contribution in [2.45, 2.75) is 25.7 Å². The predicted molar refractivity (Wildman–Crippen MR) is 99.9 cm³/mol. The maximum absolute atomic E-state index is 12.9. The third kappa shape index (κ3) is 2.40. The minimum absolute atomic E-state index is 0.0000976. The molecule has 4 aromatic rings. The van der Waals surface area contributed by atoms with Crippen molar-refractivity contribution in [2.24, 2.45) is 7.05 Å². The summed E-state index contributed by atoms with van der Waals surface area (Å²) in [7, 11) is -1.65. The minimum atomic E-state index is -3.49. The van der Waals surface area contributed by atoms with Crippen LogP contribution >= 0.6 is 0 Å². The monoisotopic (exact) mass is 369 g/mol. The molecule has 0 bridgehead atoms. The van der Waals surface area contributed by atoms with Gasteiger partial charge in [-0.1, -0.05) is 6.92 Å². The van der Waals surface area contributed by atoms with Crippen molar-refractivity contribution in [1.82, 2.24) is 24.1 Å². The molecule has 8 heteroatoms. The van der Waals surface area contributed by atoms with E-state index in [-0.39, 0.29) is 10.6 Å². The zero-order valence-electron chi connectivity index (χ0n) is 15.1. The van der Waals surface area contributed by atoms with Crippen molar-refractivity contribution in [2.75, 3.05) is 5.75 Å². The molecule has 0 aliphatic carbocycles. The smallest absolute Gasteiger partial charge is 0.182 e. The largest absolute Gasteiger partial charge is 0.324 e. The zero-order valence-corrected chi connectivity index (χ0v) is 15.9. The Kier molecular flexibility index (Phi) is 3.62. The van der Waals surface area contributed by atoms with Gasteiger partial charge >= 0.3 is 0 Å². The molecule has 0 aliphatic heterocycles. The highest BCUT2D eigenvalue weighted by atomic mass is 32.2. The van der Waals surface area contributed by atoms with Crippen LogP contribution in [0.4, 0.5) is 0 Å². The first-order valence-corrected chi connectivity index (χ1v) is 9.98. The molecule has 4 rings (SSSR count). The third-order valence-corrected chi connectivity index (χ3v) is 6.34. The number of aromatic nitrogens is 5. The summed E-state index contributed by atoms with van der Waals surface area (Å²) < 4.78 is 29.2. The molecule has 4 heterocycles. The number of hydrogen-bond donors (Lipinski definition) is 0. The summed E-state index contributed by atoms with van der Waals surface area (Å²) in [6, 6.07) is 5.62. The van der Waals surface area contributed by atoms with Crippen LogP contribution in [0.1, 0.15) is 18.2 Å². The van der Waals surface area contributed by atoms with Crippen molar-refractivity contribution >= 4 is 26.4 Å². The van der Waals surface area contributed by atoms with Gasteiger partial charge in [0.1, 0.15) is 10.6 Å². The molecule has 0 fully saturated rings. The lowest BCUT2D eigenvalue weighted by Gasteiger charge is -2.04. The van der Waals surface area contributed by atoms with Gasteiger partial charge in [-0.05, 0) is 37.6 Å². The molecule has 134 valence electrons. The standard InChI is InChI=1S/C18H19N5O2S/c1-5-26(24,25)17-14-8-11(2)6-7-23(14)21-16(17)18-20-13-9-12(3)19-10-15(13)22(18)4/h6-10H,5H2,1-4H3. The van der Waals surface area contributed by atoms with Crippen molar-refractivity contribution < 1.29 is 8.42 Å². The average molecular weight is 369 g/mol. The molecule has 0 amide bonds. The van der Waals surface area contributed by atoms with Crippen LogP contribution in [-0.2, 0) is 16.9 Å². The predicted octanol–water partition coefficient (Wildman–Crippen LogP) is 2.69. The van der Waals surface area contributed by atoms with Gasteiger partial charge in [0.05, 0.1) is 28.5 Å². The van der Waals surface area contributed by atoms with Crippen LogP contribution in [0, 0.1) is 13.8 Å². The van der Waals surface area contributed by atoms with E-state index in [0.717, 1.165) is 22.3 Å². The Morgan fingerprint density at radius 2 is 1.92 bits per heavy atom. The summed E-state index contributed by atoms with van der Waals surface area (Å²) in [5.74, 6) is 0.515. The maximum Gasteiger partial charge on any atom is 0.182 e. The van der Waals surface area contributed by atoms with Gasteiger partial charge in [-0.3, -0.25) is 4.98 Å². The van der Waals surface area contributed by atoms with Gasteiger partial charge < -0.3 is 4.57 Å². The Morgan fingerprint density at radius 1 is 1.15 bits per heavy atom. The first-order valence-electron chi connectivity index (χ1n) is 8.33. The van der Waals surface area contributed by atoms with Gasteiger partial charge in [0.2, 0.25) is 0 Å². The second kappa shape index (κ2) is 5.63. The first-order chi connectivity index (χ1) is 12.3. The third-order valence-electron chi connectivity index (χ3n) is 4.55. The Hall–Kier alpha value is -2.74. The molecule has 26 heavy (non-hydrogen) atoms. The molecule has 0 radical (unpaired) electrons. The van der Waals surface area contributed by atoms with Crippen LogP contribution in [0.15, 0.2) is 35.5 Å². The van der Waals surface area contributed by atoms with E-state index >= 15 is 0 Å². The topological polar surface area (TPSA) is 82.1 Å². The van der Waals surface area contributed by atoms with Gasteiger partial charge in [0.25, 0.3) is 0 Å². The van der Waals surface area contributed by atoms with Crippen LogP contribution in [0.25, 0.3) is 28.1 Å². The number of pyridine rings is 2. The quantitative estimate of drug-likeness (QED) is 0.554. The summed E-state index contributed by atoms with van der Waals surface area (Å²) in [6.07, 6.45) is 3.52. The Bertz CT molecular complexity index is 1270. The second-order valence-electron chi connectivity index (χ2n) is 6.42. The lowest BCUT2D eigenvalue weighted by atomic mass is 10.2. The molecule has 0 saturated carbocycles. The highest BCUT2D eigenvalue weighted by molar-refractivity contribution is 7.91. The van der Waals surface area contributed by atoms with Crippen LogP contribution in [0.5, 0.6) is 0 Å². The van der Waals surface area contributed by atoms with Crippen LogP contribution < -0.4 is 0 Å². The number of sulfone groups is 1. The molecular formula is C18H19N5O2S. The molecule has 0 saturated heterocycles. The number of nitrogens with zero attached hydrogens (tertiary/aromatic N) is 5. The summed E-state index contributed by atoms with van der Waals surface area (Å²) >= 11 is 0. The van der Waals surface area contributed by atoms with E-state index < -0.39 is 9.84 Å². The van der Waals surface area contributed by atoms with Crippen LogP contribution in [0.2, 0.25) is 0 Å². The van der Waals surface area contributed by atoms with Gasteiger partial charge in [-0.15, -0.1) is 0 Å². The summed E-state index contributed by atoms with van der Waals surface area (Å²) in [4.78, 5) is 9.19. The van der Waals surface area contributed by atoms with E-state index in [0.29, 0.717) is 17.0 Å². The molecule has 4 aromatic heterocycles. The Balaban J connectivity index is 2.12. The number of hydrogen-bond acceptors (Lipinski definition) is 5. The molecule has 0 atom stereocenters. The molecule has 0 spiro atoms. The molecule has 0 unspecified atom stereocenters. The maximum atomic E-state index is 12.9. The van der Waals surface area contributed by atoms with Crippen molar-refractivity contribution in [3.63, 3.8) is 0 Å².